The number of carbonyl (C=O) groups excluding carboxylic acids is 1. The van der Waals surface area contributed by atoms with E-state index in [1.165, 1.54) is 12.3 Å². The van der Waals surface area contributed by atoms with Gasteiger partial charge in [-0.2, -0.15) is 4.39 Å². The molecule has 3 rings (SSSR count). The average molecular weight is 302 g/mol. The van der Waals surface area contributed by atoms with Gasteiger partial charge in [-0.05, 0) is 36.4 Å². The predicted molar refractivity (Wildman–Crippen MR) is 78.9 cm³/mol. The minimum Gasteiger partial charge on any atom is -0.320 e. The van der Waals surface area contributed by atoms with Crippen LogP contribution in [0, 0.1) is 5.95 Å². The van der Waals surface area contributed by atoms with Crippen molar-refractivity contribution in [2.75, 3.05) is 5.32 Å². The Morgan fingerprint density at radius 3 is 2.76 bits per heavy atom. The van der Waals surface area contributed by atoms with Gasteiger partial charge in [-0.25, -0.2) is 4.98 Å². The summed E-state index contributed by atoms with van der Waals surface area (Å²) in [4.78, 5) is 19.8. The van der Waals surface area contributed by atoms with Crippen molar-refractivity contribution < 1.29 is 9.18 Å². The number of amides is 1. The summed E-state index contributed by atoms with van der Waals surface area (Å²) in [6.45, 7) is 0. The van der Waals surface area contributed by atoms with Crippen LogP contribution in [0.25, 0.3) is 10.9 Å². The lowest BCUT2D eigenvalue weighted by Crippen LogP contribution is -2.12. The lowest BCUT2D eigenvalue weighted by molar-refractivity contribution is 0.102. The van der Waals surface area contributed by atoms with Crippen molar-refractivity contribution in [3.63, 3.8) is 0 Å². The summed E-state index contributed by atoms with van der Waals surface area (Å²) in [6.07, 6.45) is 2.80. The maximum absolute atomic E-state index is 12.8. The highest BCUT2D eigenvalue weighted by Crippen LogP contribution is 2.28. The van der Waals surface area contributed by atoms with Crippen LogP contribution in [0.2, 0.25) is 5.02 Å². The summed E-state index contributed by atoms with van der Waals surface area (Å²) >= 11 is 6.10. The largest absolute Gasteiger partial charge is 0.320 e. The highest BCUT2D eigenvalue weighted by Gasteiger charge is 2.11. The zero-order chi connectivity index (χ0) is 14.8. The minimum atomic E-state index is -0.634. The van der Waals surface area contributed by atoms with E-state index in [-0.39, 0.29) is 5.56 Å². The maximum Gasteiger partial charge on any atom is 0.257 e. The Kier molecular flexibility index (Phi) is 3.50. The number of rotatable bonds is 2. The summed E-state index contributed by atoms with van der Waals surface area (Å²) in [6, 6.07) is 9.44. The lowest BCUT2D eigenvalue weighted by atomic mass is 10.2. The number of hydrogen-bond acceptors (Lipinski definition) is 3. The molecule has 0 unspecified atom stereocenters. The fourth-order valence-electron chi connectivity index (χ4n) is 1.94. The van der Waals surface area contributed by atoms with E-state index in [2.05, 4.69) is 15.3 Å². The van der Waals surface area contributed by atoms with Gasteiger partial charge < -0.3 is 5.32 Å². The van der Waals surface area contributed by atoms with Crippen LogP contribution in [0.4, 0.5) is 10.1 Å². The summed E-state index contributed by atoms with van der Waals surface area (Å²) in [5, 5.41) is 4.03. The molecule has 0 fully saturated rings. The number of carbonyl (C=O) groups is 1. The fourth-order valence-corrected chi connectivity index (χ4v) is 2.16. The topological polar surface area (TPSA) is 54.9 Å². The molecule has 3 aromatic rings. The molecule has 0 aliphatic rings. The molecule has 21 heavy (non-hydrogen) atoms. The van der Waals surface area contributed by atoms with Gasteiger partial charge >= 0.3 is 0 Å². The number of nitrogens with zero attached hydrogens (tertiary/aromatic N) is 2. The first kappa shape index (κ1) is 13.5. The molecule has 104 valence electrons. The molecule has 4 nitrogen and oxygen atoms in total. The molecule has 6 heteroatoms. The van der Waals surface area contributed by atoms with Gasteiger partial charge in [0.25, 0.3) is 5.91 Å². The average Bonchev–Trinajstić information content (AvgIpc) is 2.51. The third-order valence-corrected chi connectivity index (χ3v) is 3.28. The molecule has 1 N–H and O–H groups in total. The molecule has 1 amide bonds. The van der Waals surface area contributed by atoms with E-state index in [1.807, 2.05) is 6.07 Å². The molecule has 2 heterocycles. The molecule has 0 aliphatic carbocycles. The number of aromatic nitrogens is 2. The zero-order valence-electron chi connectivity index (χ0n) is 10.7. The van der Waals surface area contributed by atoms with Crippen LogP contribution in [0.3, 0.4) is 0 Å². The quantitative estimate of drug-likeness (QED) is 0.735. The standard InChI is InChI=1S/C15H9ClFN3O/c16-11-4-5-12(14-10(11)2-1-7-18-14)20-15(21)9-3-6-13(17)19-8-9/h1-8H,(H,20,21). The van der Waals surface area contributed by atoms with E-state index in [4.69, 9.17) is 11.6 Å². The number of halogens is 2. The van der Waals surface area contributed by atoms with Crippen LogP contribution in [-0.4, -0.2) is 15.9 Å². The molecule has 0 spiro atoms. The van der Waals surface area contributed by atoms with E-state index in [1.54, 1.807) is 24.4 Å². The first-order valence-corrected chi connectivity index (χ1v) is 6.49. The highest BCUT2D eigenvalue weighted by molar-refractivity contribution is 6.36. The van der Waals surface area contributed by atoms with E-state index in [9.17, 15) is 9.18 Å². The SMILES string of the molecule is O=C(Nc1ccc(Cl)c2cccnc12)c1ccc(F)nc1. The second-order valence-electron chi connectivity index (χ2n) is 4.32. The number of nitrogens with one attached hydrogen (secondary N) is 1. The van der Waals surface area contributed by atoms with Crippen molar-refractivity contribution in [3.8, 4) is 0 Å². The molecule has 1 aromatic carbocycles. The van der Waals surface area contributed by atoms with Crippen molar-refractivity contribution in [2.24, 2.45) is 0 Å². The molecular formula is C15H9ClFN3O. The van der Waals surface area contributed by atoms with E-state index in [0.29, 0.717) is 16.2 Å². The third-order valence-electron chi connectivity index (χ3n) is 2.95. The normalized spacial score (nSPS) is 10.6. The number of benzene rings is 1. The molecule has 0 saturated heterocycles. The molecule has 2 aromatic heterocycles. The van der Waals surface area contributed by atoms with Gasteiger partial charge in [-0.15, -0.1) is 0 Å². The predicted octanol–water partition coefficient (Wildman–Crippen LogP) is 3.67. The Morgan fingerprint density at radius 2 is 2.00 bits per heavy atom. The molecule has 0 saturated carbocycles. The smallest absolute Gasteiger partial charge is 0.257 e. The van der Waals surface area contributed by atoms with Crippen molar-refractivity contribution in [2.45, 2.75) is 0 Å². The number of pyridine rings is 2. The van der Waals surface area contributed by atoms with Gasteiger partial charge in [0.2, 0.25) is 5.95 Å². The van der Waals surface area contributed by atoms with E-state index < -0.39 is 11.9 Å². The Hall–Kier alpha value is -2.53. The van der Waals surface area contributed by atoms with Crippen molar-refractivity contribution in [1.82, 2.24) is 9.97 Å². The second-order valence-corrected chi connectivity index (χ2v) is 4.73. The van der Waals surface area contributed by atoms with Gasteiger partial charge in [0.15, 0.2) is 0 Å². The van der Waals surface area contributed by atoms with E-state index >= 15 is 0 Å². The van der Waals surface area contributed by atoms with E-state index in [0.717, 1.165) is 11.5 Å². The Morgan fingerprint density at radius 1 is 1.14 bits per heavy atom. The van der Waals surface area contributed by atoms with Gasteiger partial charge in [0, 0.05) is 17.8 Å². The highest BCUT2D eigenvalue weighted by atomic mass is 35.5. The number of fused-ring (bicyclic) bond motifs is 1. The summed E-state index contributed by atoms with van der Waals surface area (Å²) in [7, 11) is 0. The molecule has 0 bridgehead atoms. The van der Waals surface area contributed by atoms with Crippen LogP contribution < -0.4 is 5.32 Å². The van der Waals surface area contributed by atoms with Crippen molar-refractivity contribution in [1.29, 1.82) is 0 Å². The van der Waals surface area contributed by atoms with Gasteiger partial charge in [-0.3, -0.25) is 9.78 Å². The minimum absolute atomic E-state index is 0.260. The molecule has 0 radical (unpaired) electrons. The molecule has 0 atom stereocenters. The Bertz CT molecular complexity index is 821. The van der Waals surface area contributed by atoms with Crippen LogP contribution in [0.5, 0.6) is 0 Å². The Balaban J connectivity index is 1.97. The van der Waals surface area contributed by atoms with Crippen molar-refractivity contribution >= 4 is 34.1 Å². The van der Waals surface area contributed by atoms with Crippen LogP contribution >= 0.6 is 11.6 Å². The van der Waals surface area contributed by atoms with Crippen LogP contribution in [0.15, 0.2) is 48.8 Å². The first-order chi connectivity index (χ1) is 10.1. The van der Waals surface area contributed by atoms with Crippen LogP contribution in [-0.2, 0) is 0 Å². The summed E-state index contributed by atoms with van der Waals surface area (Å²) in [5.41, 5.74) is 1.38. The van der Waals surface area contributed by atoms with Gasteiger partial charge in [-0.1, -0.05) is 11.6 Å². The van der Waals surface area contributed by atoms with Gasteiger partial charge in [0.05, 0.1) is 21.8 Å². The number of anilines is 1. The number of hydrogen-bond donors (Lipinski definition) is 1. The Labute approximate surface area is 124 Å². The fraction of sp³-hybridized carbons (Fsp3) is 0. The summed E-state index contributed by atoms with van der Waals surface area (Å²) in [5.74, 6) is -1.03. The lowest BCUT2D eigenvalue weighted by Gasteiger charge is -2.09. The van der Waals surface area contributed by atoms with Crippen molar-refractivity contribution in [3.05, 3.63) is 65.3 Å². The third kappa shape index (κ3) is 2.68. The zero-order valence-corrected chi connectivity index (χ0v) is 11.4. The molecule has 0 aliphatic heterocycles. The summed E-state index contributed by atoms with van der Waals surface area (Å²) < 4.78 is 12.8. The first-order valence-electron chi connectivity index (χ1n) is 6.11. The second kappa shape index (κ2) is 5.46. The van der Waals surface area contributed by atoms with Crippen LogP contribution in [0.1, 0.15) is 10.4 Å². The molecular weight excluding hydrogens is 293 g/mol. The van der Waals surface area contributed by atoms with Gasteiger partial charge in [0.1, 0.15) is 0 Å². The monoisotopic (exact) mass is 301 g/mol. The maximum atomic E-state index is 12.8.